The third-order valence-corrected chi connectivity index (χ3v) is 4.43. The average Bonchev–Trinajstić information content (AvgIpc) is 3.19. The Kier molecular flexibility index (Phi) is 6.12. The maximum absolute atomic E-state index is 12.1. The van der Waals surface area contributed by atoms with E-state index >= 15 is 0 Å². The van der Waals surface area contributed by atoms with Gasteiger partial charge >= 0.3 is 0 Å². The Bertz CT molecular complexity index is 981. The van der Waals surface area contributed by atoms with E-state index in [1.165, 1.54) is 11.6 Å². The van der Waals surface area contributed by atoms with Gasteiger partial charge in [-0.2, -0.15) is 4.98 Å². The zero-order chi connectivity index (χ0) is 20.9. The summed E-state index contributed by atoms with van der Waals surface area (Å²) in [6.45, 7) is 6.67. The fraction of sp³-hybridized carbons (Fsp3) is 0.261. The molecular formula is C23H25N3O3. The highest BCUT2D eigenvalue weighted by Crippen LogP contribution is 2.22. The van der Waals surface area contributed by atoms with Gasteiger partial charge in [0.2, 0.25) is 17.6 Å². The molecule has 0 bridgehead atoms. The third kappa shape index (κ3) is 5.54. The fourth-order valence-electron chi connectivity index (χ4n) is 2.67. The van der Waals surface area contributed by atoms with E-state index in [4.69, 9.17) is 9.26 Å². The minimum atomic E-state index is -0.228. The van der Waals surface area contributed by atoms with Gasteiger partial charge in [0.1, 0.15) is 5.75 Å². The Hall–Kier alpha value is -3.41. The summed E-state index contributed by atoms with van der Waals surface area (Å²) in [6, 6.07) is 15.5. The van der Waals surface area contributed by atoms with Crippen LogP contribution in [0.1, 0.15) is 37.8 Å². The summed E-state index contributed by atoms with van der Waals surface area (Å²) in [6.07, 6.45) is 3.27. The number of ether oxygens (including phenoxy) is 1. The maximum Gasteiger partial charge on any atom is 0.246 e. The first-order chi connectivity index (χ1) is 13.8. The van der Waals surface area contributed by atoms with Crippen molar-refractivity contribution >= 4 is 12.0 Å². The number of hydrogen-bond donors (Lipinski definition) is 1. The van der Waals surface area contributed by atoms with Crippen molar-refractivity contribution in [3.05, 3.63) is 71.6 Å². The van der Waals surface area contributed by atoms with Crippen LogP contribution < -0.4 is 10.1 Å². The summed E-state index contributed by atoms with van der Waals surface area (Å²) >= 11 is 0. The Morgan fingerprint density at radius 2 is 1.79 bits per heavy atom. The molecule has 0 unspecified atom stereocenters. The van der Waals surface area contributed by atoms with E-state index in [1.54, 1.807) is 13.2 Å². The molecule has 29 heavy (non-hydrogen) atoms. The van der Waals surface area contributed by atoms with Crippen LogP contribution in [0.15, 0.2) is 59.1 Å². The van der Waals surface area contributed by atoms with Gasteiger partial charge in [-0.3, -0.25) is 4.79 Å². The largest absolute Gasteiger partial charge is 0.497 e. The van der Waals surface area contributed by atoms with E-state index in [9.17, 15) is 4.79 Å². The van der Waals surface area contributed by atoms with Gasteiger partial charge in [-0.15, -0.1) is 0 Å². The number of carbonyl (C=O) groups is 1. The van der Waals surface area contributed by atoms with Crippen LogP contribution in [0.5, 0.6) is 5.75 Å². The molecule has 3 rings (SSSR count). The highest BCUT2D eigenvalue weighted by Gasteiger charge is 2.12. The van der Waals surface area contributed by atoms with Crippen molar-refractivity contribution in [2.45, 2.75) is 32.7 Å². The van der Waals surface area contributed by atoms with Crippen LogP contribution in [0.2, 0.25) is 0 Å². The van der Waals surface area contributed by atoms with E-state index in [1.807, 2.05) is 36.4 Å². The van der Waals surface area contributed by atoms with Crippen LogP contribution in [0.4, 0.5) is 0 Å². The molecule has 1 amide bonds. The number of methoxy groups -OCH3 is 1. The molecular weight excluding hydrogens is 366 g/mol. The summed E-state index contributed by atoms with van der Waals surface area (Å²) in [7, 11) is 1.61. The van der Waals surface area contributed by atoms with Crippen molar-refractivity contribution in [1.29, 1.82) is 0 Å². The van der Waals surface area contributed by atoms with Crippen molar-refractivity contribution in [3.8, 4) is 17.1 Å². The molecule has 0 saturated heterocycles. The molecule has 2 aromatic carbocycles. The predicted molar refractivity (Wildman–Crippen MR) is 112 cm³/mol. The Labute approximate surface area is 170 Å². The second-order valence-corrected chi connectivity index (χ2v) is 7.66. The van der Waals surface area contributed by atoms with Crippen LogP contribution in [-0.4, -0.2) is 23.2 Å². The zero-order valence-electron chi connectivity index (χ0n) is 17.1. The highest BCUT2D eigenvalue weighted by molar-refractivity contribution is 5.91. The lowest BCUT2D eigenvalue weighted by atomic mass is 9.87. The third-order valence-electron chi connectivity index (χ3n) is 4.43. The van der Waals surface area contributed by atoms with Crippen LogP contribution in [0.25, 0.3) is 17.5 Å². The van der Waals surface area contributed by atoms with E-state index in [-0.39, 0.29) is 17.9 Å². The molecule has 1 aromatic heterocycles. The quantitative estimate of drug-likeness (QED) is 0.631. The summed E-state index contributed by atoms with van der Waals surface area (Å²) in [5.74, 6) is 1.33. The second kappa shape index (κ2) is 8.73. The Balaban J connectivity index is 1.54. The number of benzene rings is 2. The number of carbonyl (C=O) groups excluding carboxylic acids is 1. The molecule has 1 N–H and O–H groups in total. The highest BCUT2D eigenvalue weighted by atomic mass is 16.5. The van der Waals surface area contributed by atoms with Gasteiger partial charge < -0.3 is 14.6 Å². The molecule has 0 aliphatic carbocycles. The van der Waals surface area contributed by atoms with Gasteiger partial charge in [0.05, 0.1) is 13.7 Å². The molecule has 150 valence electrons. The van der Waals surface area contributed by atoms with Crippen molar-refractivity contribution in [1.82, 2.24) is 15.5 Å². The normalized spacial score (nSPS) is 11.6. The van der Waals surface area contributed by atoms with Gasteiger partial charge in [-0.1, -0.05) is 50.2 Å². The van der Waals surface area contributed by atoms with Crippen LogP contribution in [0, 0.1) is 0 Å². The Morgan fingerprint density at radius 1 is 1.10 bits per heavy atom. The lowest BCUT2D eigenvalue weighted by Crippen LogP contribution is -2.20. The van der Waals surface area contributed by atoms with Gasteiger partial charge in [0, 0.05) is 11.6 Å². The molecule has 3 aromatic rings. The molecule has 0 fully saturated rings. The summed E-state index contributed by atoms with van der Waals surface area (Å²) in [5.41, 5.74) is 3.13. The van der Waals surface area contributed by atoms with Gasteiger partial charge in [-0.05, 0) is 46.9 Å². The standard InChI is InChI=1S/C23H25N3O3/c1-23(2,3)18-10-5-16(6-11-18)7-14-20(27)24-15-21-25-22(26-29-21)17-8-12-19(28-4)13-9-17/h5-14H,15H2,1-4H3,(H,24,27). The van der Waals surface area contributed by atoms with Crippen molar-refractivity contribution in [2.24, 2.45) is 0 Å². The summed E-state index contributed by atoms with van der Waals surface area (Å²) in [4.78, 5) is 16.4. The Morgan fingerprint density at radius 3 is 2.41 bits per heavy atom. The first kappa shape index (κ1) is 20.3. The monoisotopic (exact) mass is 391 g/mol. The average molecular weight is 391 g/mol. The molecule has 0 atom stereocenters. The van der Waals surface area contributed by atoms with E-state index < -0.39 is 0 Å². The summed E-state index contributed by atoms with van der Waals surface area (Å²) < 4.78 is 10.3. The van der Waals surface area contributed by atoms with E-state index in [0.717, 1.165) is 16.9 Å². The minimum absolute atomic E-state index is 0.106. The topological polar surface area (TPSA) is 77.3 Å². The fourth-order valence-corrected chi connectivity index (χ4v) is 2.67. The predicted octanol–water partition coefficient (Wildman–Crippen LogP) is 4.37. The van der Waals surface area contributed by atoms with Gasteiger partial charge in [-0.25, -0.2) is 0 Å². The SMILES string of the molecule is COc1ccc(-c2noc(CNC(=O)C=Cc3ccc(C(C)(C)C)cc3)n2)cc1. The van der Waals surface area contributed by atoms with Crippen molar-refractivity contribution < 1.29 is 14.1 Å². The number of hydrogen-bond acceptors (Lipinski definition) is 5. The first-order valence-electron chi connectivity index (χ1n) is 9.38. The molecule has 0 radical (unpaired) electrons. The van der Waals surface area contributed by atoms with Crippen LogP contribution >= 0.6 is 0 Å². The maximum atomic E-state index is 12.1. The smallest absolute Gasteiger partial charge is 0.246 e. The molecule has 6 heteroatoms. The molecule has 6 nitrogen and oxygen atoms in total. The molecule has 0 aliphatic rings. The second-order valence-electron chi connectivity index (χ2n) is 7.66. The van der Waals surface area contributed by atoms with Crippen molar-refractivity contribution in [2.75, 3.05) is 7.11 Å². The van der Waals surface area contributed by atoms with Gasteiger partial charge in [0.15, 0.2) is 0 Å². The number of nitrogens with one attached hydrogen (secondary N) is 1. The number of rotatable bonds is 6. The number of amides is 1. The van der Waals surface area contributed by atoms with Crippen LogP contribution in [0.3, 0.4) is 0 Å². The lowest BCUT2D eigenvalue weighted by Gasteiger charge is -2.18. The zero-order valence-corrected chi connectivity index (χ0v) is 17.1. The number of aromatic nitrogens is 2. The first-order valence-corrected chi connectivity index (χ1v) is 9.38. The minimum Gasteiger partial charge on any atom is -0.497 e. The lowest BCUT2D eigenvalue weighted by molar-refractivity contribution is -0.116. The summed E-state index contributed by atoms with van der Waals surface area (Å²) in [5, 5.41) is 6.69. The number of nitrogens with zero attached hydrogens (tertiary/aromatic N) is 2. The van der Waals surface area contributed by atoms with Crippen molar-refractivity contribution in [3.63, 3.8) is 0 Å². The molecule has 0 spiro atoms. The molecule has 0 saturated carbocycles. The van der Waals surface area contributed by atoms with E-state index in [0.29, 0.717) is 11.7 Å². The van der Waals surface area contributed by atoms with Gasteiger partial charge in [0.25, 0.3) is 0 Å². The van der Waals surface area contributed by atoms with Crippen LogP contribution in [-0.2, 0) is 16.8 Å². The molecule has 1 heterocycles. The van der Waals surface area contributed by atoms with E-state index in [2.05, 4.69) is 48.4 Å². The molecule has 0 aliphatic heterocycles.